The maximum absolute atomic E-state index is 13.1. The molecule has 1 heterocycles. The molecule has 0 bridgehead atoms. The zero-order chi connectivity index (χ0) is 24.5. The molecule has 0 radical (unpaired) electrons. The van der Waals surface area contributed by atoms with Gasteiger partial charge in [-0.3, -0.25) is 14.6 Å². The summed E-state index contributed by atoms with van der Waals surface area (Å²) in [6.07, 6.45) is 0. The first-order valence-electron chi connectivity index (χ1n) is 11.1. The minimum absolute atomic E-state index is 0.0238. The van der Waals surface area contributed by atoms with Crippen molar-refractivity contribution in [2.75, 3.05) is 18.1 Å². The molecular weight excluding hydrogens is 420 g/mol. The van der Waals surface area contributed by atoms with Crippen LogP contribution in [0.1, 0.15) is 48.6 Å². The molecule has 0 aromatic heterocycles. The summed E-state index contributed by atoms with van der Waals surface area (Å²) >= 11 is 0. The van der Waals surface area contributed by atoms with Crippen LogP contribution in [0.5, 0.6) is 5.75 Å². The molecular formula is C26H32N2O5. The molecule has 0 atom stereocenters. The summed E-state index contributed by atoms with van der Waals surface area (Å²) in [5.74, 6) is -0.0828. The summed E-state index contributed by atoms with van der Waals surface area (Å²) in [5.41, 5.74) is 4.03. The van der Waals surface area contributed by atoms with Gasteiger partial charge in [0.25, 0.3) is 5.91 Å². The first kappa shape index (κ1) is 24.3. The third-order valence-electron chi connectivity index (χ3n) is 5.70. The number of carbonyl (C=O) groups is 3. The van der Waals surface area contributed by atoms with Crippen LogP contribution < -0.4 is 9.64 Å². The number of anilines is 1. The van der Waals surface area contributed by atoms with Crippen molar-refractivity contribution < 1.29 is 23.9 Å². The molecule has 7 nitrogen and oxygen atoms in total. The number of ether oxygens (including phenoxy) is 2. The molecule has 1 saturated heterocycles. The number of hydrogen-bond acceptors (Lipinski definition) is 5. The van der Waals surface area contributed by atoms with Gasteiger partial charge in [-0.15, -0.1) is 0 Å². The Labute approximate surface area is 195 Å². The topological polar surface area (TPSA) is 76.2 Å². The minimum atomic E-state index is -1.14. The Morgan fingerprint density at radius 3 is 2.24 bits per heavy atom. The lowest BCUT2D eigenvalue weighted by atomic mass is 10.0. The Morgan fingerprint density at radius 1 is 1.00 bits per heavy atom. The predicted molar refractivity (Wildman–Crippen MR) is 126 cm³/mol. The monoisotopic (exact) mass is 452 g/mol. The van der Waals surface area contributed by atoms with Crippen molar-refractivity contribution in [1.82, 2.24) is 4.90 Å². The van der Waals surface area contributed by atoms with Crippen LogP contribution in [0.4, 0.5) is 10.5 Å². The minimum Gasteiger partial charge on any atom is -0.476 e. The van der Waals surface area contributed by atoms with Gasteiger partial charge in [-0.2, -0.15) is 0 Å². The van der Waals surface area contributed by atoms with E-state index in [-0.39, 0.29) is 31.6 Å². The van der Waals surface area contributed by atoms with E-state index in [9.17, 15) is 14.4 Å². The average molecular weight is 453 g/mol. The van der Waals surface area contributed by atoms with Crippen LogP contribution in [0.3, 0.4) is 0 Å². The van der Waals surface area contributed by atoms with E-state index in [0.29, 0.717) is 5.75 Å². The molecule has 0 spiro atoms. The van der Waals surface area contributed by atoms with Crippen LogP contribution in [0.15, 0.2) is 30.3 Å². The van der Waals surface area contributed by atoms with Crippen molar-refractivity contribution in [3.05, 3.63) is 58.1 Å². The summed E-state index contributed by atoms with van der Waals surface area (Å²) in [4.78, 5) is 40.8. The fourth-order valence-corrected chi connectivity index (χ4v) is 3.97. The molecule has 0 N–H and O–H groups in total. The third-order valence-corrected chi connectivity index (χ3v) is 5.70. The van der Waals surface area contributed by atoms with Crippen LogP contribution in [0.25, 0.3) is 0 Å². The SMILES string of the molecule is CCOC(=O)C(C)(C)Oc1c(C)cc(CN2C(=O)CN(c3cc(C)ccc3C)C2=O)cc1C. The molecule has 3 amide bonds. The molecule has 7 heteroatoms. The standard InChI is InChI=1S/C26H32N2O5/c1-8-32-24(30)26(6,7)33-23-18(4)12-20(13-19(23)5)14-28-22(29)15-27(25(28)31)21-11-16(2)9-10-17(21)3/h9-13H,8,14-15H2,1-7H3. The summed E-state index contributed by atoms with van der Waals surface area (Å²) in [5, 5.41) is 0. The molecule has 3 rings (SSSR count). The first-order chi connectivity index (χ1) is 15.4. The van der Waals surface area contributed by atoms with Crippen LogP contribution >= 0.6 is 0 Å². The second kappa shape index (κ2) is 9.25. The van der Waals surface area contributed by atoms with Gasteiger partial charge < -0.3 is 9.47 Å². The van der Waals surface area contributed by atoms with Crippen LogP contribution in [-0.4, -0.2) is 41.6 Å². The molecule has 1 fully saturated rings. The number of urea groups is 1. The van der Waals surface area contributed by atoms with Crippen molar-refractivity contribution >= 4 is 23.6 Å². The van der Waals surface area contributed by atoms with Gasteiger partial charge in [0.15, 0.2) is 5.60 Å². The highest BCUT2D eigenvalue weighted by molar-refractivity contribution is 6.12. The maximum atomic E-state index is 13.1. The van der Waals surface area contributed by atoms with Gasteiger partial charge in [-0.25, -0.2) is 9.59 Å². The Bertz CT molecular complexity index is 1080. The number of aryl methyl sites for hydroxylation is 4. The number of rotatable bonds is 7. The van der Waals surface area contributed by atoms with E-state index >= 15 is 0 Å². The Morgan fingerprint density at radius 2 is 1.64 bits per heavy atom. The number of esters is 1. The number of hydrogen-bond donors (Lipinski definition) is 0. The lowest BCUT2D eigenvalue weighted by molar-refractivity contribution is -0.158. The largest absolute Gasteiger partial charge is 0.476 e. The zero-order valence-electron chi connectivity index (χ0n) is 20.4. The fourth-order valence-electron chi connectivity index (χ4n) is 3.97. The van der Waals surface area contributed by atoms with Crippen LogP contribution in [0, 0.1) is 27.7 Å². The summed E-state index contributed by atoms with van der Waals surface area (Å²) < 4.78 is 11.1. The van der Waals surface area contributed by atoms with E-state index in [4.69, 9.17) is 9.47 Å². The first-order valence-corrected chi connectivity index (χ1v) is 11.1. The third kappa shape index (κ3) is 5.02. The van der Waals surface area contributed by atoms with Crippen molar-refractivity contribution in [2.24, 2.45) is 0 Å². The zero-order valence-corrected chi connectivity index (χ0v) is 20.4. The number of amides is 3. The molecule has 0 unspecified atom stereocenters. The van der Waals surface area contributed by atoms with Crippen molar-refractivity contribution in [2.45, 2.75) is 60.6 Å². The Kier molecular flexibility index (Phi) is 6.81. The highest BCUT2D eigenvalue weighted by Crippen LogP contribution is 2.31. The molecule has 2 aromatic carbocycles. The van der Waals surface area contributed by atoms with Gasteiger partial charge in [-0.1, -0.05) is 24.3 Å². The van der Waals surface area contributed by atoms with Crippen LogP contribution in [-0.2, 0) is 20.9 Å². The van der Waals surface area contributed by atoms with Gasteiger partial charge in [0, 0.05) is 5.69 Å². The second-order valence-electron chi connectivity index (χ2n) is 9.03. The normalized spacial score (nSPS) is 14.2. The van der Waals surface area contributed by atoms with Crippen LogP contribution in [0.2, 0.25) is 0 Å². The van der Waals surface area contributed by atoms with E-state index in [0.717, 1.165) is 33.5 Å². The van der Waals surface area contributed by atoms with Gasteiger partial charge in [0.2, 0.25) is 0 Å². The van der Waals surface area contributed by atoms with Gasteiger partial charge in [0.05, 0.1) is 13.2 Å². The van der Waals surface area contributed by atoms with E-state index in [1.165, 1.54) is 9.80 Å². The highest BCUT2D eigenvalue weighted by atomic mass is 16.6. The lowest BCUT2D eigenvalue weighted by Gasteiger charge is -2.26. The van der Waals surface area contributed by atoms with E-state index in [2.05, 4.69) is 0 Å². The number of carbonyl (C=O) groups excluding carboxylic acids is 3. The van der Waals surface area contributed by atoms with Crippen molar-refractivity contribution in [3.8, 4) is 5.75 Å². The van der Waals surface area contributed by atoms with Crippen molar-refractivity contribution in [3.63, 3.8) is 0 Å². The molecule has 0 saturated carbocycles. The number of nitrogens with zero attached hydrogens (tertiary/aromatic N) is 2. The Balaban J connectivity index is 1.81. The fraction of sp³-hybridized carbons (Fsp3) is 0.423. The van der Waals surface area contributed by atoms with E-state index in [1.807, 2.05) is 58.0 Å². The van der Waals surface area contributed by atoms with Gasteiger partial charge >= 0.3 is 12.0 Å². The number of imide groups is 1. The molecule has 33 heavy (non-hydrogen) atoms. The Hall–Kier alpha value is -3.35. The number of benzene rings is 2. The average Bonchev–Trinajstić information content (AvgIpc) is 3.01. The second-order valence-corrected chi connectivity index (χ2v) is 9.03. The molecule has 1 aliphatic heterocycles. The molecule has 0 aliphatic carbocycles. The van der Waals surface area contributed by atoms with E-state index in [1.54, 1.807) is 20.8 Å². The summed E-state index contributed by atoms with van der Waals surface area (Å²) in [7, 11) is 0. The molecule has 1 aliphatic rings. The highest BCUT2D eigenvalue weighted by Gasteiger charge is 2.38. The smallest absolute Gasteiger partial charge is 0.349 e. The van der Waals surface area contributed by atoms with Gasteiger partial charge in [-0.05, 0) is 82.3 Å². The summed E-state index contributed by atoms with van der Waals surface area (Å²) in [6.45, 7) is 13.2. The van der Waals surface area contributed by atoms with Crippen molar-refractivity contribution in [1.29, 1.82) is 0 Å². The summed E-state index contributed by atoms with van der Waals surface area (Å²) in [6, 6.07) is 9.30. The molecule has 176 valence electrons. The molecule has 2 aromatic rings. The van der Waals surface area contributed by atoms with Gasteiger partial charge in [0.1, 0.15) is 12.3 Å². The predicted octanol–water partition coefficient (Wildman–Crippen LogP) is 4.61. The maximum Gasteiger partial charge on any atom is 0.349 e. The lowest BCUT2D eigenvalue weighted by Crippen LogP contribution is -2.40. The quantitative estimate of drug-likeness (QED) is 0.453. The van der Waals surface area contributed by atoms with E-state index < -0.39 is 11.6 Å².